The largest absolute Gasteiger partial charge is 0.480 e. The number of carboxylic acids is 1. The molecule has 0 aliphatic heterocycles. The molecule has 3 aromatic rings. The molecule has 1 heterocycles. The lowest BCUT2D eigenvalue weighted by atomic mass is 10.0. The third-order valence-corrected chi connectivity index (χ3v) is 4.33. The zero-order chi connectivity index (χ0) is 20.3. The Morgan fingerprint density at radius 1 is 1.04 bits per heavy atom. The molecule has 0 aliphatic carbocycles. The van der Waals surface area contributed by atoms with E-state index < -0.39 is 17.9 Å². The van der Waals surface area contributed by atoms with E-state index in [-0.39, 0.29) is 23.6 Å². The first-order valence-electron chi connectivity index (χ1n) is 8.99. The number of hydrogen-bond acceptors (Lipinski definition) is 4. The number of carbonyl (C=O) groups is 2. The van der Waals surface area contributed by atoms with Crippen LogP contribution in [0.2, 0.25) is 0 Å². The Labute approximate surface area is 161 Å². The molecule has 7 heteroatoms. The van der Waals surface area contributed by atoms with Crippen molar-refractivity contribution in [1.29, 1.82) is 0 Å². The van der Waals surface area contributed by atoms with Crippen LogP contribution in [0.4, 0.5) is 0 Å². The van der Waals surface area contributed by atoms with Gasteiger partial charge in [-0.25, -0.2) is 4.79 Å². The standard InChI is InChI=1S/C21H21N3O4/c1-13(2)12-17(21(27)28)22-19(25)18-15-10-6-7-11-16(15)20(26)24(23-18)14-8-4-3-5-9-14/h3-11,13,17H,12H2,1-2H3,(H,22,25)(H,27,28)/t17-/m0/s1. The van der Waals surface area contributed by atoms with Crippen molar-refractivity contribution in [3.05, 3.63) is 70.6 Å². The molecule has 0 radical (unpaired) electrons. The van der Waals surface area contributed by atoms with Gasteiger partial charge in [-0.1, -0.05) is 50.2 Å². The van der Waals surface area contributed by atoms with E-state index in [0.29, 0.717) is 16.5 Å². The number of nitrogens with zero attached hydrogens (tertiary/aromatic N) is 2. The highest BCUT2D eigenvalue weighted by atomic mass is 16.4. The molecule has 0 saturated heterocycles. The van der Waals surface area contributed by atoms with Crippen molar-refractivity contribution in [3.8, 4) is 5.69 Å². The van der Waals surface area contributed by atoms with Gasteiger partial charge in [0.25, 0.3) is 11.5 Å². The van der Waals surface area contributed by atoms with E-state index in [2.05, 4.69) is 10.4 Å². The van der Waals surface area contributed by atoms with E-state index >= 15 is 0 Å². The van der Waals surface area contributed by atoms with E-state index in [1.54, 1.807) is 48.5 Å². The minimum absolute atomic E-state index is 0.00839. The predicted octanol–water partition coefficient (Wildman–Crippen LogP) is 2.61. The molecule has 3 rings (SSSR count). The van der Waals surface area contributed by atoms with Gasteiger partial charge in [-0.3, -0.25) is 9.59 Å². The fourth-order valence-electron chi connectivity index (χ4n) is 3.02. The van der Waals surface area contributed by atoms with Gasteiger partial charge >= 0.3 is 5.97 Å². The number of hydrogen-bond donors (Lipinski definition) is 2. The van der Waals surface area contributed by atoms with E-state index in [4.69, 9.17) is 0 Å². The van der Waals surface area contributed by atoms with Crippen LogP contribution >= 0.6 is 0 Å². The summed E-state index contributed by atoms with van der Waals surface area (Å²) in [6.45, 7) is 3.76. The summed E-state index contributed by atoms with van der Waals surface area (Å²) in [6, 6.07) is 14.4. The molecule has 2 aromatic carbocycles. The Morgan fingerprint density at radius 3 is 2.25 bits per heavy atom. The van der Waals surface area contributed by atoms with Crippen LogP contribution in [0.1, 0.15) is 30.8 Å². The highest BCUT2D eigenvalue weighted by molar-refractivity contribution is 6.05. The molecule has 0 bridgehead atoms. The van der Waals surface area contributed by atoms with Gasteiger partial charge in [0.05, 0.1) is 11.1 Å². The van der Waals surface area contributed by atoms with Crippen molar-refractivity contribution in [2.45, 2.75) is 26.3 Å². The summed E-state index contributed by atoms with van der Waals surface area (Å²) < 4.78 is 1.16. The maximum absolute atomic E-state index is 12.9. The summed E-state index contributed by atoms with van der Waals surface area (Å²) in [5.74, 6) is -1.65. The van der Waals surface area contributed by atoms with Crippen LogP contribution in [-0.4, -0.2) is 32.8 Å². The molecular weight excluding hydrogens is 358 g/mol. The lowest BCUT2D eigenvalue weighted by molar-refractivity contribution is -0.139. The summed E-state index contributed by atoms with van der Waals surface area (Å²) >= 11 is 0. The number of para-hydroxylation sites is 1. The molecule has 0 spiro atoms. The molecule has 0 fully saturated rings. The fraction of sp³-hybridized carbons (Fsp3) is 0.238. The van der Waals surface area contributed by atoms with E-state index in [1.165, 1.54) is 0 Å². The molecule has 7 nitrogen and oxygen atoms in total. The molecule has 2 N–H and O–H groups in total. The SMILES string of the molecule is CC(C)C[C@H](NC(=O)c1nn(-c2ccccc2)c(=O)c2ccccc12)C(=O)O. The second-order valence-corrected chi connectivity index (χ2v) is 6.94. The number of amides is 1. The molecule has 1 atom stereocenters. The van der Waals surface area contributed by atoms with Gasteiger partial charge in [-0.2, -0.15) is 9.78 Å². The number of rotatable bonds is 6. The first kappa shape index (κ1) is 19.3. The first-order chi connectivity index (χ1) is 13.4. The summed E-state index contributed by atoms with van der Waals surface area (Å²) in [5.41, 5.74) is 0.175. The Balaban J connectivity index is 2.12. The minimum Gasteiger partial charge on any atom is -0.480 e. The maximum atomic E-state index is 12.9. The van der Waals surface area contributed by atoms with Crippen LogP contribution in [0, 0.1) is 5.92 Å². The molecule has 144 valence electrons. The van der Waals surface area contributed by atoms with Crippen molar-refractivity contribution in [1.82, 2.24) is 15.1 Å². The van der Waals surface area contributed by atoms with Crippen LogP contribution in [-0.2, 0) is 4.79 Å². The second-order valence-electron chi connectivity index (χ2n) is 6.94. The highest BCUT2D eigenvalue weighted by Crippen LogP contribution is 2.16. The zero-order valence-electron chi connectivity index (χ0n) is 15.6. The normalized spacial score (nSPS) is 12.1. The number of fused-ring (bicyclic) bond motifs is 1. The van der Waals surface area contributed by atoms with Crippen molar-refractivity contribution in [2.75, 3.05) is 0 Å². The monoisotopic (exact) mass is 379 g/mol. The van der Waals surface area contributed by atoms with Crippen molar-refractivity contribution < 1.29 is 14.7 Å². The number of carboxylic acid groups (broad SMARTS) is 1. The van der Waals surface area contributed by atoms with Crippen molar-refractivity contribution >= 4 is 22.6 Å². The van der Waals surface area contributed by atoms with Gasteiger partial charge in [0.2, 0.25) is 0 Å². The van der Waals surface area contributed by atoms with Gasteiger partial charge in [0.15, 0.2) is 5.69 Å². The Kier molecular flexibility index (Phi) is 5.54. The average molecular weight is 379 g/mol. The summed E-state index contributed by atoms with van der Waals surface area (Å²) in [5, 5.41) is 16.9. The summed E-state index contributed by atoms with van der Waals surface area (Å²) in [7, 11) is 0. The molecule has 0 unspecified atom stereocenters. The van der Waals surface area contributed by atoms with Gasteiger partial charge in [0, 0.05) is 5.39 Å². The Morgan fingerprint density at radius 2 is 1.64 bits per heavy atom. The zero-order valence-corrected chi connectivity index (χ0v) is 15.6. The number of aliphatic carboxylic acids is 1. The highest BCUT2D eigenvalue weighted by Gasteiger charge is 2.24. The Bertz CT molecular complexity index is 1070. The fourth-order valence-corrected chi connectivity index (χ4v) is 3.02. The molecule has 0 saturated carbocycles. The van der Waals surface area contributed by atoms with Crippen LogP contribution in [0.5, 0.6) is 0 Å². The molecule has 1 aromatic heterocycles. The number of carbonyl (C=O) groups excluding carboxylic acids is 1. The second kappa shape index (κ2) is 8.04. The lowest BCUT2D eigenvalue weighted by Gasteiger charge is -2.17. The van der Waals surface area contributed by atoms with Crippen LogP contribution in [0.25, 0.3) is 16.5 Å². The van der Waals surface area contributed by atoms with E-state index in [9.17, 15) is 19.5 Å². The predicted molar refractivity (Wildman–Crippen MR) is 106 cm³/mol. The van der Waals surface area contributed by atoms with E-state index in [1.807, 2.05) is 19.9 Å². The minimum atomic E-state index is -1.11. The lowest BCUT2D eigenvalue weighted by Crippen LogP contribution is -2.42. The average Bonchev–Trinajstić information content (AvgIpc) is 2.68. The smallest absolute Gasteiger partial charge is 0.326 e. The molecule has 28 heavy (non-hydrogen) atoms. The molecule has 1 amide bonds. The molecule has 0 aliphatic rings. The van der Waals surface area contributed by atoms with Gasteiger partial charge in [-0.05, 0) is 30.5 Å². The number of nitrogens with one attached hydrogen (secondary N) is 1. The molecular formula is C21H21N3O4. The first-order valence-corrected chi connectivity index (χ1v) is 8.99. The summed E-state index contributed by atoms with van der Waals surface area (Å²) in [4.78, 5) is 37.3. The van der Waals surface area contributed by atoms with Crippen molar-refractivity contribution in [2.24, 2.45) is 5.92 Å². The third kappa shape index (κ3) is 3.93. The van der Waals surface area contributed by atoms with Crippen molar-refractivity contribution in [3.63, 3.8) is 0 Å². The number of benzene rings is 2. The topological polar surface area (TPSA) is 101 Å². The van der Waals surface area contributed by atoms with Crippen LogP contribution in [0.3, 0.4) is 0 Å². The van der Waals surface area contributed by atoms with Gasteiger partial charge in [-0.15, -0.1) is 0 Å². The van der Waals surface area contributed by atoms with Gasteiger partial charge in [0.1, 0.15) is 6.04 Å². The van der Waals surface area contributed by atoms with Crippen LogP contribution < -0.4 is 10.9 Å². The van der Waals surface area contributed by atoms with Gasteiger partial charge < -0.3 is 10.4 Å². The van der Waals surface area contributed by atoms with E-state index in [0.717, 1.165) is 4.68 Å². The Hall–Kier alpha value is -3.48. The summed E-state index contributed by atoms with van der Waals surface area (Å²) in [6.07, 6.45) is 0.289. The quantitative estimate of drug-likeness (QED) is 0.686. The maximum Gasteiger partial charge on any atom is 0.326 e. The number of aromatic nitrogens is 2. The van der Waals surface area contributed by atoms with Crippen LogP contribution in [0.15, 0.2) is 59.4 Å². The third-order valence-electron chi connectivity index (χ3n) is 4.33.